The van der Waals surface area contributed by atoms with Crippen molar-refractivity contribution in [2.24, 2.45) is 0 Å². The fourth-order valence-corrected chi connectivity index (χ4v) is 1.70. The molecule has 0 aliphatic carbocycles. The van der Waals surface area contributed by atoms with Gasteiger partial charge in [-0.1, -0.05) is 13.3 Å². The van der Waals surface area contributed by atoms with E-state index in [0.29, 0.717) is 12.2 Å². The van der Waals surface area contributed by atoms with Gasteiger partial charge in [-0.3, -0.25) is 9.89 Å². The van der Waals surface area contributed by atoms with Gasteiger partial charge in [-0.25, -0.2) is 0 Å². The number of aliphatic hydroxyl groups excluding tert-OH is 1. The average molecular weight is 254 g/mol. The van der Waals surface area contributed by atoms with Crippen LogP contribution in [0.5, 0.6) is 0 Å². The number of amides is 1. The topological polar surface area (TPSA) is 104 Å². The maximum atomic E-state index is 11.8. The van der Waals surface area contributed by atoms with E-state index in [4.69, 9.17) is 10.8 Å². The molecule has 6 nitrogen and oxygen atoms in total. The Morgan fingerprint density at radius 2 is 2.22 bits per heavy atom. The van der Waals surface area contributed by atoms with Gasteiger partial charge < -0.3 is 16.2 Å². The minimum absolute atomic E-state index is 0.195. The van der Waals surface area contributed by atoms with Crippen molar-refractivity contribution in [2.75, 3.05) is 18.9 Å². The summed E-state index contributed by atoms with van der Waals surface area (Å²) < 4.78 is 0. The van der Waals surface area contributed by atoms with Gasteiger partial charge in [-0.15, -0.1) is 0 Å². The quantitative estimate of drug-likeness (QED) is 0.516. The number of carbonyl (C=O) groups excluding carboxylic acids is 1. The van der Waals surface area contributed by atoms with Crippen LogP contribution >= 0.6 is 0 Å². The Hall–Kier alpha value is -1.56. The number of nitrogens with one attached hydrogen (secondary N) is 2. The van der Waals surface area contributed by atoms with E-state index in [0.717, 1.165) is 37.8 Å². The molecule has 102 valence electrons. The monoisotopic (exact) mass is 254 g/mol. The number of aromatic amines is 1. The number of anilines is 1. The number of nitrogens with two attached hydrogens (primary N) is 1. The number of aryl methyl sites for hydroxylation is 1. The van der Waals surface area contributed by atoms with Crippen LogP contribution in [-0.4, -0.2) is 34.4 Å². The number of carbonyl (C=O) groups is 1. The Kier molecular flexibility index (Phi) is 6.21. The summed E-state index contributed by atoms with van der Waals surface area (Å²) >= 11 is 0. The van der Waals surface area contributed by atoms with E-state index < -0.39 is 0 Å². The molecule has 1 amide bonds. The van der Waals surface area contributed by atoms with Crippen molar-refractivity contribution in [3.63, 3.8) is 0 Å². The first-order valence-corrected chi connectivity index (χ1v) is 6.42. The van der Waals surface area contributed by atoms with Gasteiger partial charge in [0.1, 0.15) is 0 Å². The van der Waals surface area contributed by atoms with Gasteiger partial charge in [0.2, 0.25) is 0 Å². The molecule has 0 saturated heterocycles. The maximum Gasteiger partial charge on any atom is 0.273 e. The van der Waals surface area contributed by atoms with Gasteiger partial charge in [-0.05, 0) is 25.7 Å². The SMILES string of the molecule is CCCc1[nH]nc(C(=O)NCCCCCO)c1N. The van der Waals surface area contributed by atoms with Crippen LogP contribution in [0.1, 0.15) is 48.8 Å². The first-order chi connectivity index (χ1) is 8.70. The van der Waals surface area contributed by atoms with Crippen molar-refractivity contribution in [2.45, 2.75) is 39.0 Å². The van der Waals surface area contributed by atoms with Gasteiger partial charge in [0.05, 0.1) is 11.4 Å². The van der Waals surface area contributed by atoms with E-state index >= 15 is 0 Å². The summed E-state index contributed by atoms with van der Waals surface area (Å²) in [5.41, 5.74) is 7.40. The van der Waals surface area contributed by atoms with Gasteiger partial charge in [-0.2, -0.15) is 5.10 Å². The van der Waals surface area contributed by atoms with Crippen LogP contribution in [0.15, 0.2) is 0 Å². The van der Waals surface area contributed by atoms with Crippen molar-refractivity contribution in [1.29, 1.82) is 0 Å². The number of hydrogen-bond acceptors (Lipinski definition) is 4. The largest absolute Gasteiger partial charge is 0.396 e. The average Bonchev–Trinajstić information content (AvgIpc) is 2.71. The Balaban J connectivity index is 2.41. The van der Waals surface area contributed by atoms with E-state index in [9.17, 15) is 4.79 Å². The minimum Gasteiger partial charge on any atom is -0.396 e. The molecule has 0 bridgehead atoms. The summed E-state index contributed by atoms with van der Waals surface area (Å²) in [6, 6.07) is 0. The molecular formula is C12H22N4O2. The number of unbranched alkanes of at least 4 members (excludes halogenated alkanes) is 2. The molecule has 6 heteroatoms. The molecule has 0 aliphatic heterocycles. The van der Waals surface area contributed by atoms with Crippen LogP contribution in [0.3, 0.4) is 0 Å². The smallest absolute Gasteiger partial charge is 0.273 e. The molecule has 0 aromatic carbocycles. The van der Waals surface area contributed by atoms with Crippen LogP contribution in [0.4, 0.5) is 5.69 Å². The highest BCUT2D eigenvalue weighted by Gasteiger charge is 2.15. The van der Waals surface area contributed by atoms with Crippen molar-refractivity contribution in [3.8, 4) is 0 Å². The van der Waals surface area contributed by atoms with Gasteiger partial charge in [0.15, 0.2) is 5.69 Å². The molecule has 0 atom stereocenters. The summed E-state index contributed by atoms with van der Waals surface area (Å²) in [7, 11) is 0. The summed E-state index contributed by atoms with van der Waals surface area (Å²) in [5, 5.41) is 18.1. The molecule has 0 saturated carbocycles. The molecule has 0 aliphatic rings. The Labute approximate surface area is 107 Å². The Bertz CT molecular complexity index is 376. The first-order valence-electron chi connectivity index (χ1n) is 6.42. The third-order valence-corrected chi connectivity index (χ3v) is 2.72. The first kappa shape index (κ1) is 14.5. The zero-order chi connectivity index (χ0) is 13.4. The lowest BCUT2D eigenvalue weighted by Gasteiger charge is -2.03. The molecule has 0 radical (unpaired) electrons. The van der Waals surface area contributed by atoms with Crippen LogP contribution in [0, 0.1) is 0 Å². The van der Waals surface area contributed by atoms with E-state index in [1.54, 1.807) is 0 Å². The van der Waals surface area contributed by atoms with Crippen LogP contribution < -0.4 is 11.1 Å². The predicted octanol–water partition coefficient (Wildman–Crippen LogP) is 0.837. The number of nitrogens with zero attached hydrogens (tertiary/aromatic N) is 1. The fraction of sp³-hybridized carbons (Fsp3) is 0.667. The Morgan fingerprint density at radius 3 is 2.89 bits per heavy atom. The van der Waals surface area contributed by atoms with Crippen molar-refractivity contribution < 1.29 is 9.90 Å². The van der Waals surface area contributed by atoms with Gasteiger partial charge in [0, 0.05) is 13.2 Å². The molecule has 1 rings (SSSR count). The van der Waals surface area contributed by atoms with E-state index in [-0.39, 0.29) is 18.2 Å². The highest BCUT2D eigenvalue weighted by molar-refractivity contribution is 5.97. The zero-order valence-corrected chi connectivity index (χ0v) is 10.8. The number of aromatic nitrogens is 2. The normalized spacial score (nSPS) is 10.6. The van der Waals surface area contributed by atoms with Crippen molar-refractivity contribution in [3.05, 3.63) is 11.4 Å². The number of nitrogen functional groups attached to an aromatic ring is 1. The van der Waals surface area contributed by atoms with Crippen LogP contribution in [0.25, 0.3) is 0 Å². The standard InChI is InChI=1S/C12H22N4O2/c1-2-6-9-10(13)11(16-15-9)12(18)14-7-4-3-5-8-17/h17H,2-8,13H2,1H3,(H,14,18)(H,15,16). The summed E-state index contributed by atoms with van der Waals surface area (Å²) in [5.74, 6) is -0.241. The van der Waals surface area contributed by atoms with Gasteiger partial charge >= 0.3 is 0 Å². The molecule has 0 spiro atoms. The van der Waals surface area contributed by atoms with Crippen LogP contribution in [-0.2, 0) is 6.42 Å². The predicted molar refractivity (Wildman–Crippen MR) is 70.3 cm³/mol. The zero-order valence-electron chi connectivity index (χ0n) is 10.8. The molecule has 1 aromatic heterocycles. The second-order valence-corrected chi connectivity index (χ2v) is 4.25. The highest BCUT2D eigenvalue weighted by Crippen LogP contribution is 2.15. The van der Waals surface area contributed by atoms with Crippen LogP contribution in [0.2, 0.25) is 0 Å². The second-order valence-electron chi connectivity index (χ2n) is 4.25. The minimum atomic E-state index is -0.241. The molecule has 0 fully saturated rings. The lowest BCUT2D eigenvalue weighted by molar-refractivity contribution is 0.0948. The van der Waals surface area contributed by atoms with Crippen molar-refractivity contribution in [1.82, 2.24) is 15.5 Å². The number of aliphatic hydroxyl groups is 1. The summed E-state index contributed by atoms with van der Waals surface area (Å²) in [4.78, 5) is 11.8. The molecular weight excluding hydrogens is 232 g/mol. The lowest BCUT2D eigenvalue weighted by Crippen LogP contribution is -2.25. The number of hydrogen-bond donors (Lipinski definition) is 4. The third kappa shape index (κ3) is 4.03. The van der Waals surface area contributed by atoms with E-state index in [1.807, 2.05) is 6.92 Å². The summed E-state index contributed by atoms with van der Waals surface area (Å²) in [6.45, 7) is 2.82. The Morgan fingerprint density at radius 1 is 1.44 bits per heavy atom. The highest BCUT2D eigenvalue weighted by atomic mass is 16.2. The molecule has 5 N–H and O–H groups in total. The number of H-pyrrole nitrogens is 1. The van der Waals surface area contributed by atoms with Gasteiger partial charge in [0.25, 0.3) is 5.91 Å². The molecule has 1 heterocycles. The lowest BCUT2D eigenvalue weighted by atomic mass is 10.2. The van der Waals surface area contributed by atoms with Crippen molar-refractivity contribution >= 4 is 11.6 Å². The number of rotatable bonds is 8. The van der Waals surface area contributed by atoms with E-state index in [1.165, 1.54) is 0 Å². The fourth-order valence-electron chi connectivity index (χ4n) is 1.70. The third-order valence-electron chi connectivity index (χ3n) is 2.72. The summed E-state index contributed by atoms with van der Waals surface area (Å²) in [6.07, 6.45) is 4.25. The molecule has 1 aromatic rings. The van der Waals surface area contributed by atoms with E-state index in [2.05, 4.69) is 15.5 Å². The molecule has 18 heavy (non-hydrogen) atoms. The maximum absolute atomic E-state index is 11.8. The molecule has 0 unspecified atom stereocenters. The second kappa shape index (κ2) is 7.71.